The molecule has 0 unspecified atom stereocenters. The van der Waals surface area contributed by atoms with Gasteiger partial charge in [-0.2, -0.15) is 0 Å². The lowest BCUT2D eigenvalue weighted by Gasteiger charge is -2.03. The molecule has 1 aromatic rings. The lowest BCUT2D eigenvalue weighted by molar-refractivity contribution is 0.598. The van der Waals surface area contributed by atoms with Crippen LogP contribution in [-0.4, -0.2) is 8.42 Å². The molecule has 0 heterocycles. The molecule has 2 N–H and O–H groups in total. The van der Waals surface area contributed by atoms with Gasteiger partial charge in [-0.3, -0.25) is 0 Å². The average Bonchev–Trinajstić information content (AvgIpc) is 2.26. The van der Waals surface area contributed by atoms with Crippen LogP contribution in [0.2, 0.25) is 0 Å². The van der Waals surface area contributed by atoms with E-state index >= 15 is 0 Å². The van der Waals surface area contributed by atoms with Gasteiger partial charge in [0, 0.05) is 0 Å². The zero-order chi connectivity index (χ0) is 12.9. The zero-order valence-electron chi connectivity index (χ0n) is 9.69. The first-order chi connectivity index (χ1) is 7.93. The summed E-state index contributed by atoms with van der Waals surface area (Å²) in [7, 11) is -3.58. The molecule has 0 bridgehead atoms. The van der Waals surface area contributed by atoms with Crippen LogP contribution >= 0.6 is 15.9 Å². The van der Waals surface area contributed by atoms with Gasteiger partial charge in [-0.15, -0.1) is 0 Å². The number of halogens is 1. The SMILES string of the molecule is CCC=C(Br)CCc1ccc(S(N)(=O)=O)cc1. The fraction of sp³-hybridized carbons (Fsp3) is 0.333. The van der Waals surface area contributed by atoms with Crippen LogP contribution in [0.25, 0.3) is 0 Å². The van der Waals surface area contributed by atoms with Gasteiger partial charge >= 0.3 is 0 Å². The Morgan fingerprint density at radius 3 is 2.41 bits per heavy atom. The average molecular weight is 318 g/mol. The Labute approximate surface area is 111 Å². The third kappa shape index (κ3) is 5.02. The smallest absolute Gasteiger partial charge is 0.225 e. The summed E-state index contributed by atoms with van der Waals surface area (Å²) in [5, 5.41) is 5.02. The summed E-state index contributed by atoms with van der Waals surface area (Å²) in [6.07, 6.45) is 4.92. The molecule has 17 heavy (non-hydrogen) atoms. The molecule has 0 aliphatic carbocycles. The van der Waals surface area contributed by atoms with Crippen molar-refractivity contribution in [3.05, 3.63) is 40.4 Å². The lowest BCUT2D eigenvalue weighted by Crippen LogP contribution is -2.11. The van der Waals surface area contributed by atoms with Gasteiger partial charge in [0.2, 0.25) is 10.0 Å². The molecule has 0 radical (unpaired) electrons. The third-order valence-electron chi connectivity index (χ3n) is 2.33. The van der Waals surface area contributed by atoms with Gasteiger partial charge in [0.25, 0.3) is 0 Å². The van der Waals surface area contributed by atoms with Crippen LogP contribution in [0.5, 0.6) is 0 Å². The van der Waals surface area contributed by atoms with Gasteiger partial charge < -0.3 is 0 Å². The molecule has 1 rings (SSSR count). The molecular formula is C12H16BrNO2S. The van der Waals surface area contributed by atoms with E-state index in [0.717, 1.165) is 24.8 Å². The normalized spacial score (nSPS) is 12.8. The van der Waals surface area contributed by atoms with E-state index in [2.05, 4.69) is 28.9 Å². The minimum absolute atomic E-state index is 0.157. The van der Waals surface area contributed by atoms with E-state index in [-0.39, 0.29) is 4.90 Å². The monoisotopic (exact) mass is 317 g/mol. The number of primary sulfonamides is 1. The fourth-order valence-electron chi connectivity index (χ4n) is 1.43. The standard InChI is InChI=1S/C12H16BrNO2S/c1-2-3-11(13)7-4-10-5-8-12(9-6-10)17(14,15)16/h3,5-6,8-9H,2,4,7H2,1H3,(H2,14,15,16). The Balaban J connectivity index is 2.67. The van der Waals surface area contributed by atoms with Gasteiger partial charge in [-0.05, 0) is 41.4 Å². The van der Waals surface area contributed by atoms with Crippen LogP contribution in [0.4, 0.5) is 0 Å². The summed E-state index contributed by atoms with van der Waals surface area (Å²) < 4.78 is 23.3. The lowest BCUT2D eigenvalue weighted by atomic mass is 10.1. The summed E-state index contributed by atoms with van der Waals surface area (Å²) >= 11 is 3.49. The summed E-state index contributed by atoms with van der Waals surface area (Å²) in [5.74, 6) is 0. The number of allylic oxidation sites excluding steroid dienone is 2. The second kappa shape index (κ2) is 6.33. The maximum atomic E-state index is 11.1. The molecule has 0 atom stereocenters. The van der Waals surface area contributed by atoms with E-state index in [0.29, 0.717) is 0 Å². The van der Waals surface area contributed by atoms with E-state index in [1.807, 2.05) is 0 Å². The summed E-state index contributed by atoms with van der Waals surface area (Å²) in [6, 6.07) is 6.68. The van der Waals surface area contributed by atoms with Crippen LogP contribution in [0.3, 0.4) is 0 Å². The molecule has 5 heteroatoms. The predicted molar refractivity (Wildman–Crippen MR) is 73.4 cm³/mol. The molecule has 1 aromatic carbocycles. The topological polar surface area (TPSA) is 60.2 Å². The molecule has 0 spiro atoms. The highest BCUT2D eigenvalue weighted by molar-refractivity contribution is 9.11. The van der Waals surface area contributed by atoms with Crippen LogP contribution in [0.15, 0.2) is 39.7 Å². The van der Waals surface area contributed by atoms with Gasteiger partial charge in [0.05, 0.1) is 4.90 Å². The minimum atomic E-state index is -3.58. The number of sulfonamides is 1. The van der Waals surface area contributed by atoms with Crippen LogP contribution in [0, 0.1) is 0 Å². The second-order valence-corrected chi connectivity index (χ2v) is 6.33. The van der Waals surface area contributed by atoms with Crippen LogP contribution in [0.1, 0.15) is 25.3 Å². The van der Waals surface area contributed by atoms with Gasteiger partial charge in [-0.1, -0.05) is 41.1 Å². The van der Waals surface area contributed by atoms with Crippen molar-refractivity contribution in [1.29, 1.82) is 0 Å². The molecule has 0 aliphatic heterocycles. The summed E-state index contributed by atoms with van der Waals surface area (Å²) in [5.41, 5.74) is 1.10. The number of benzene rings is 1. The molecule has 0 fully saturated rings. The molecule has 3 nitrogen and oxygen atoms in total. The van der Waals surface area contributed by atoms with Crippen molar-refractivity contribution in [1.82, 2.24) is 0 Å². The van der Waals surface area contributed by atoms with E-state index in [9.17, 15) is 8.42 Å². The van der Waals surface area contributed by atoms with E-state index < -0.39 is 10.0 Å². The summed E-state index contributed by atoms with van der Waals surface area (Å²) in [6.45, 7) is 2.09. The van der Waals surface area contributed by atoms with E-state index in [4.69, 9.17) is 5.14 Å². The van der Waals surface area contributed by atoms with Crippen molar-refractivity contribution in [2.75, 3.05) is 0 Å². The molecule has 0 aliphatic rings. The Morgan fingerprint density at radius 1 is 1.35 bits per heavy atom. The number of nitrogens with two attached hydrogens (primary N) is 1. The fourth-order valence-corrected chi connectivity index (χ4v) is 2.47. The first-order valence-electron chi connectivity index (χ1n) is 5.39. The van der Waals surface area contributed by atoms with E-state index in [1.165, 1.54) is 4.48 Å². The second-order valence-electron chi connectivity index (χ2n) is 3.75. The molecule has 0 saturated heterocycles. The number of aryl methyl sites for hydroxylation is 1. The van der Waals surface area contributed by atoms with Crippen molar-refractivity contribution >= 4 is 26.0 Å². The van der Waals surface area contributed by atoms with Crippen molar-refractivity contribution in [3.63, 3.8) is 0 Å². The molecule has 0 aromatic heterocycles. The number of rotatable bonds is 5. The van der Waals surface area contributed by atoms with Crippen molar-refractivity contribution in [3.8, 4) is 0 Å². The van der Waals surface area contributed by atoms with Gasteiger partial charge in [-0.25, -0.2) is 13.6 Å². The predicted octanol–water partition coefficient (Wildman–Crippen LogP) is 2.96. The highest BCUT2D eigenvalue weighted by atomic mass is 79.9. The largest absolute Gasteiger partial charge is 0.238 e. The Morgan fingerprint density at radius 2 is 1.94 bits per heavy atom. The van der Waals surface area contributed by atoms with E-state index in [1.54, 1.807) is 24.3 Å². The Kier molecular flexibility index (Phi) is 5.36. The first-order valence-corrected chi connectivity index (χ1v) is 7.73. The highest BCUT2D eigenvalue weighted by Crippen LogP contribution is 2.16. The first kappa shape index (κ1) is 14.4. The minimum Gasteiger partial charge on any atom is -0.225 e. The number of hydrogen-bond acceptors (Lipinski definition) is 2. The van der Waals surface area contributed by atoms with Gasteiger partial charge in [0.1, 0.15) is 0 Å². The maximum absolute atomic E-state index is 11.1. The molecule has 0 saturated carbocycles. The Bertz CT molecular complexity index is 492. The third-order valence-corrected chi connectivity index (χ3v) is 3.98. The van der Waals surface area contributed by atoms with Gasteiger partial charge in [0.15, 0.2) is 0 Å². The summed E-state index contributed by atoms with van der Waals surface area (Å²) in [4.78, 5) is 0.157. The van der Waals surface area contributed by atoms with Crippen LogP contribution < -0.4 is 5.14 Å². The van der Waals surface area contributed by atoms with Crippen LogP contribution in [-0.2, 0) is 16.4 Å². The zero-order valence-corrected chi connectivity index (χ0v) is 12.1. The molecule has 0 amide bonds. The molecule has 94 valence electrons. The quantitative estimate of drug-likeness (QED) is 0.907. The van der Waals surface area contributed by atoms with Crippen molar-refractivity contribution in [2.24, 2.45) is 5.14 Å². The maximum Gasteiger partial charge on any atom is 0.238 e. The Hall–Kier alpha value is -0.650. The highest BCUT2D eigenvalue weighted by Gasteiger charge is 2.06. The molecular weight excluding hydrogens is 302 g/mol. The van der Waals surface area contributed by atoms with Crippen molar-refractivity contribution < 1.29 is 8.42 Å². The van der Waals surface area contributed by atoms with Crippen molar-refractivity contribution in [2.45, 2.75) is 31.1 Å². The number of hydrogen-bond donors (Lipinski definition) is 1.